The fourth-order valence-electron chi connectivity index (χ4n) is 5.00. The van der Waals surface area contributed by atoms with Gasteiger partial charge in [-0.05, 0) is 96.1 Å². The number of aromatic amines is 3. The van der Waals surface area contributed by atoms with Gasteiger partial charge in [0.05, 0.1) is 11.4 Å². The molecule has 4 N–H and O–H groups in total. The Bertz CT molecular complexity index is 1910. The summed E-state index contributed by atoms with van der Waals surface area (Å²) < 4.78 is 0. The second kappa shape index (κ2) is 8.64. The first-order valence-electron chi connectivity index (χ1n) is 12.3. The first-order valence-corrected chi connectivity index (χ1v) is 12.3. The maximum absolute atomic E-state index is 11.8. The Labute approximate surface area is 217 Å². The van der Waals surface area contributed by atoms with E-state index in [0.29, 0.717) is 0 Å². The van der Waals surface area contributed by atoms with Crippen LogP contribution >= 0.6 is 0 Å². The molecule has 0 amide bonds. The van der Waals surface area contributed by atoms with Crippen molar-refractivity contribution >= 4 is 34.8 Å². The maximum Gasteiger partial charge on any atom is 0.178 e. The van der Waals surface area contributed by atoms with Gasteiger partial charge >= 0.3 is 0 Å². The van der Waals surface area contributed by atoms with Gasteiger partial charge in [-0.15, -0.1) is 0 Å². The fraction of sp³-hybridized carbons (Fsp3) is 0. The van der Waals surface area contributed by atoms with Crippen molar-refractivity contribution in [3.63, 3.8) is 0 Å². The quantitative estimate of drug-likeness (QED) is 0.318. The molecule has 1 aromatic carbocycles. The van der Waals surface area contributed by atoms with Gasteiger partial charge in [-0.3, -0.25) is 4.79 Å². The molecular weight excluding hydrogens is 472 g/mol. The summed E-state index contributed by atoms with van der Waals surface area (Å²) in [5.41, 5.74) is 9.18. The number of hydrogen-bond donors (Lipinski definition) is 4. The van der Waals surface area contributed by atoms with Crippen molar-refractivity contribution in [2.45, 2.75) is 0 Å². The first-order chi connectivity index (χ1) is 18.6. The highest BCUT2D eigenvalue weighted by Gasteiger charge is 2.18. The highest BCUT2D eigenvalue weighted by molar-refractivity contribution is 6.32. The lowest BCUT2D eigenvalue weighted by atomic mass is 9.96. The van der Waals surface area contributed by atoms with Crippen LogP contribution in [-0.4, -0.2) is 31.6 Å². The minimum atomic E-state index is -0.0267. The van der Waals surface area contributed by atoms with Crippen LogP contribution in [0.25, 0.3) is 23.3 Å². The Kier molecular flexibility index (Phi) is 4.97. The number of fused-ring (bicyclic) bond motifs is 7. The van der Waals surface area contributed by atoms with Gasteiger partial charge in [0.1, 0.15) is 5.75 Å². The van der Waals surface area contributed by atoms with Crippen LogP contribution in [0.15, 0.2) is 113 Å². The molecule has 0 atom stereocenters. The highest BCUT2D eigenvalue weighted by atomic mass is 16.3. The third-order valence-corrected chi connectivity index (χ3v) is 6.76. The van der Waals surface area contributed by atoms with E-state index in [4.69, 9.17) is 4.99 Å². The number of aromatic nitrogens is 3. The van der Waals surface area contributed by atoms with Gasteiger partial charge in [-0.25, -0.2) is 4.99 Å². The Morgan fingerprint density at radius 2 is 1.34 bits per heavy atom. The number of hydrogen-bond acceptors (Lipinski definition) is 3. The number of aromatic hydroxyl groups is 1. The zero-order valence-corrected chi connectivity index (χ0v) is 20.2. The number of nitrogens with one attached hydrogen (secondary N) is 3. The predicted octanol–water partition coefficient (Wildman–Crippen LogP) is 4.27. The van der Waals surface area contributed by atoms with Crippen molar-refractivity contribution in [2.75, 3.05) is 0 Å². The summed E-state index contributed by atoms with van der Waals surface area (Å²) in [6.45, 7) is 0. The number of phenols is 1. The SMILES string of the molecule is O=C1C=CC(=C2C3=N/C(=C\c4ccc([nH]4)C(c4ccc(O)cc4)=c4ccc([nH]4)=Cc4ccc2[nH]4)C=C3)C=C1. The Hall–Kier alpha value is -5.36. The molecule has 1 aliphatic carbocycles. The molecule has 0 radical (unpaired) electrons. The molecule has 0 unspecified atom stereocenters. The lowest BCUT2D eigenvalue weighted by Gasteiger charge is -2.10. The van der Waals surface area contributed by atoms with Crippen LogP contribution in [0.3, 0.4) is 0 Å². The van der Waals surface area contributed by atoms with E-state index >= 15 is 0 Å². The molecule has 0 fully saturated rings. The molecule has 182 valence electrons. The Balaban J connectivity index is 1.48. The summed E-state index contributed by atoms with van der Waals surface area (Å²) in [6.07, 6.45) is 14.9. The minimum Gasteiger partial charge on any atom is -0.508 e. The lowest BCUT2D eigenvalue weighted by Crippen LogP contribution is -2.14. The van der Waals surface area contributed by atoms with Crippen LogP contribution in [-0.2, 0) is 4.79 Å². The van der Waals surface area contributed by atoms with Crippen molar-refractivity contribution in [1.82, 2.24) is 15.0 Å². The van der Waals surface area contributed by atoms with Gasteiger partial charge in [0.25, 0.3) is 0 Å². The molecule has 0 spiro atoms. The number of carbonyl (C=O) groups is 1. The molecule has 7 rings (SSSR count). The lowest BCUT2D eigenvalue weighted by molar-refractivity contribution is -0.110. The van der Waals surface area contributed by atoms with Gasteiger partial charge in [-0.1, -0.05) is 24.3 Å². The van der Waals surface area contributed by atoms with Gasteiger partial charge in [0.2, 0.25) is 0 Å². The fourth-order valence-corrected chi connectivity index (χ4v) is 5.00. The van der Waals surface area contributed by atoms with Crippen LogP contribution in [0.1, 0.15) is 28.3 Å². The minimum absolute atomic E-state index is 0.0267. The molecule has 6 nitrogen and oxygen atoms in total. The number of rotatable bonds is 1. The second-order valence-corrected chi connectivity index (χ2v) is 9.35. The Morgan fingerprint density at radius 1 is 0.632 bits per heavy atom. The third kappa shape index (κ3) is 3.94. The van der Waals surface area contributed by atoms with E-state index in [9.17, 15) is 9.90 Å². The average molecular weight is 495 g/mol. The van der Waals surface area contributed by atoms with E-state index in [0.717, 1.165) is 67.2 Å². The van der Waals surface area contributed by atoms with Gasteiger partial charge in [-0.2, -0.15) is 0 Å². The molecule has 5 heterocycles. The van der Waals surface area contributed by atoms with E-state index in [-0.39, 0.29) is 11.5 Å². The summed E-state index contributed by atoms with van der Waals surface area (Å²) in [5.74, 6) is 0.200. The number of H-pyrrole nitrogens is 3. The molecule has 38 heavy (non-hydrogen) atoms. The average Bonchev–Trinajstić information content (AvgIpc) is 3.72. The smallest absolute Gasteiger partial charge is 0.178 e. The standard InChI is InChI=1S/C32H22N4O2/c37-25-9-1-19(2-10-25)31-27-13-5-21(33-27)17-23-7-15-29(35-23)32(20-3-11-26(38)12-4-20)30-16-8-24(36-30)18-22-6-14-28(31)34-22/h1-18,33-35,37H/b21-17?,24-18-,31-27?. The summed E-state index contributed by atoms with van der Waals surface area (Å²) in [4.78, 5) is 27.3. The molecular formula is C32H22N4O2. The number of allylic oxidation sites excluding steroid dienone is 8. The third-order valence-electron chi connectivity index (χ3n) is 6.76. The van der Waals surface area contributed by atoms with Gasteiger partial charge in [0, 0.05) is 44.6 Å². The highest BCUT2D eigenvalue weighted by Crippen LogP contribution is 2.29. The largest absolute Gasteiger partial charge is 0.508 e. The van der Waals surface area contributed by atoms with Gasteiger partial charge < -0.3 is 20.1 Å². The normalized spacial score (nSPS) is 17.5. The summed E-state index contributed by atoms with van der Waals surface area (Å²) in [6, 6.07) is 19.5. The van der Waals surface area contributed by atoms with Crippen molar-refractivity contribution < 1.29 is 9.90 Å². The Morgan fingerprint density at radius 3 is 2.11 bits per heavy atom. The first kappa shape index (κ1) is 21.9. The number of nitrogens with zero attached hydrogens (tertiary/aromatic N) is 1. The van der Waals surface area contributed by atoms with Crippen molar-refractivity contribution in [3.8, 4) is 5.75 Å². The number of carbonyl (C=O) groups excluding carboxylic acids is 1. The van der Waals surface area contributed by atoms with Crippen LogP contribution in [0.2, 0.25) is 0 Å². The van der Waals surface area contributed by atoms with Crippen molar-refractivity contribution in [3.05, 3.63) is 147 Å². The number of aliphatic imine (C=N–C) groups is 1. The zero-order chi connectivity index (χ0) is 25.6. The number of phenolic OH excluding ortho intramolecular Hbond substituents is 1. The second-order valence-electron chi connectivity index (χ2n) is 9.35. The van der Waals surface area contributed by atoms with E-state index in [1.807, 2.05) is 66.8 Å². The van der Waals surface area contributed by atoms with Crippen molar-refractivity contribution in [2.24, 2.45) is 4.99 Å². The molecule has 3 aromatic heterocycles. The summed E-state index contributed by atoms with van der Waals surface area (Å²) >= 11 is 0. The van der Waals surface area contributed by atoms with E-state index < -0.39 is 0 Å². The number of ketones is 1. The van der Waals surface area contributed by atoms with Crippen LogP contribution < -0.4 is 10.7 Å². The number of benzene rings is 1. The molecule has 6 heteroatoms. The van der Waals surface area contributed by atoms with Crippen molar-refractivity contribution in [1.29, 1.82) is 0 Å². The molecule has 4 aromatic rings. The van der Waals surface area contributed by atoms with E-state index in [1.165, 1.54) is 0 Å². The molecule has 3 aliphatic rings. The van der Waals surface area contributed by atoms with Crippen LogP contribution in [0, 0.1) is 0 Å². The van der Waals surface area contributed by atoms with E-state index in [2.05, 4.69) is 33.2 Å². The monoisotopic (exact) mass is 494 g/mol. The van der Waals surface area contributed by atoms with E-state index in [1.54, 1.807) is 24.3 Å². The molecule has 0 saturated carbocycles. The molecule has 2 aliphatic heterocycles. The zero-order valence-electron chi connectivity index (χ0n) is 20.2. The van der Waals surface area contributed by atoms with Crippen LogP contribution in [0.5, 0.6) is 5.75 Å². The van der Waals surface area contributed by atoms with Gasteiger partial charge in [0.15, 0.2) is 5.78 Å². The molecule has 0 saturated heterocycles. The summed E-state index contributed by atoms with van der Waals surface area (Å²) in [5, 5.41) is 11.7. The topological polar surface area (TPSA) is 97.0 Å². The maximum atomic E-state index is 11.8. The summed E-state index contributed by atoms with van der Waals surface area (Å²) in [7, 11) is 0. The molecule has 8 bridgehead atoms. The van der Waals surface area contributed by atoms with Crippen LogP contribution in [0.4, 0.5) is 0 Å². The predicted molar refractivity (Wildman–Crippen MR) is 150 cm³/mol.